The number of carbonyl (C=O) groups is 1. The number of hydrogen-bond donors (Lipinski definition) is 0. The molecule has 0 N–H and O–H groups in total. The minimum absolute atomic E-state index is 0.0927. The zero-order valence-corrected chi connectivity index (χ0v) is 10.2. The van der Waals surface area contributed by atoms with Crippen molar-refractivity contribution in [2.45, 2.75) is 19.8 Å². The van der Waals surface area contributed by atoms with Crippen LogP contribution in [-0.2, 0) is 4.79 Å². The lowest BCUT2D eigenvalue weighted by Gasteiger charge is -2.25. The maximum Gasteiger partial charge on any atom is 0.226 e. The molecule has 0 saturated heterocycles. The number of rotatable bonds is 3. The summed E-state index contributed by atoms with van der Waals surface area (Å²) in [6.07, 6.45) is 1.39. The van der Waals surface area contributed by atoms with E-state index in [1.165, 1.54) is 0 Å². The summed E-state index contributed by atoms with van der Waals surface area (Å²) < 4.78 is 11.1. The van der Waals surface area contributed by atoms with Crippen LogP contribution in [0.1, 0.15) is 19.8 Å². The molecule has 2 rings (SSSR count). The van der Waals surface area contributed by atoms with Gasteiger partial charge >= 0.3 is 0 Å². The van der Waals surface area contributed by atoms with Crippen molar-refractivity contribution >= 4 is 11.6 Å². The van der Waals surface area contributed by atoms with Gasteiger partial charge in [0.2, 0.25) is 5.91 Å². The van der Waals surface area contributed by atoms with Crippen molar-refractivity contribution < 1.29 is 14.3 Å². The fourth-order valence-electron chi connectivity index (χ4n) is 1.84. The summed E-state index contributed by atoms with van der Waals surface area (Å²) in [6.45, 7) is 3.08. The normalized spacial score (nSPS) is 13.3. The van der Waals surface area contributed by atoms with Crippen molar-refractivity contribution in [2.24, 2.45) is 0 Å². The number of nitrogens with zero attached hydrogens (tertiary/aromatic N) is 1. The first-order valence-electron chi connectivity index (χ1n) is 5.89. The van der Waals surface area contributed by atoms with Crippen molar-refractivity contribution in [2.75, 3.05) is 25.2 Å². The second-order valence-electron chi connectivity index (χ2n) is 4.00. The number of anilines is 1. The second-order valence-corrected chi connectivity index (χ2v) is 4.00. The van der Waals surface area contributed by atoms with Crippen LogP contribution in [0.25, 0.3) is 0 Å². The zero-order chi connectivity index (χ0) is 12.3. The Kier molecular flexibility index (Phi) is 3.52. The summed E-state index contributed by atoms with van der Waals surface area (Å²) in [4.78, 5) is 13.5. The Bertz CT molecular complexity index is 417. The molecule has 1 aromatic carbocycles. The SMILES string of the molecule is CCCC(=O)N(C)c1cccc2c1OCCO2. The van der Waals surface area contributed by atoms with Gasteiger partial charge in [0.1, 0.15) is 13.2 Å². The van der Waals surface area contributed by atoms with Crippen LogP contribution in [0.2, 0.25) is 0 Å². The topological polar surface area (TPSA) is 38.8 Å². The Morgan fingerprint density at radius 1 is 1.35 bits per heavy atom. The number of fused-ring (bicyclic) bond motifs is 1. The van der Waals surface area contributed by atoms with E-state index in [9.17, 15) is 4.79 Å². The van der Waals surface area contributed by atoms with E-state index in [-0.39, 0.29) is 5.91 Å². The van der Waals surface area contributed by atoms with Crippen molar-refractivity contribution in [1.29, 1.82) is 0 Å². The summed E-state index contributed by atoms with van der Waals surface area (Å²) in [6, 6.07) is 5.61. The highest BCUT2D eigenvalue weighted by atomic mass is 16.6. The summed E-state index contributed by atoms with van der Waals surface area (Å²) in [5.74, 6) is 1.48. The summed E-state index contributed by atoms with van der Waals surface area (Å²) in [5.41, 5.74) is 0.778. The Balaban J connectivity index is 2.28. The molecule has 4 heteroatoms. The van der Waals surface area contributed by atoms with Crippen molar-refractivity contribution in [1.82, 2.24) is 0 Å². The standard InChI is InChI=1S/C13H17NO3/c1-3-5-12(15)14(2)10-6-4-7-11-13(10)17-9-8-16-11/h4,6-7H,3,5,8-9H2,1-2H3. The van der Waals surface area contributed by atoms with E-state index in [1.54, 1.807) is 11.9 Å². The lowest BCUT2D eigenvalue weighted by molar-refractivity contribution is -0.118. The maximum absolute atomic E-state index is 11.9. The van der Waals surface area contributed by atoms with Gasteiger partial charge in [-0.15, -0.1) is 0 Å². The van der Waals surface area contributed by atoms with Gasteiger partial charge in [-0.3, -0.25) is 4.79 Å². The highest BCUT2D eigenvalue weighted by molar-refractivity contribution is 5.94. The first-order chi connectivity index (χ1) is 8.24. The third kappa shape index (κ3) is 2.35. The van der Waals surface area contributed by atoms with Gasteiger partial charge in [-0.2, -0.15) is 0 Å². The van der Waals surface area contributed by atoms with E-state index in [0.717, 1.165) is 12.1 Å². The lowest BCUT2D eigenvalue weighted by Crippen LogP contribution is -2.27. The number of para-hydroxylation sites is 1. The summed E-state index contributed by atoms with van der Waals surface area (Å²) >= 11 is 0. The highest BCUT2D eigenvalue weighted by Crippen LogP contribution is 2.39. The quantitative estimate of drug-likeness (QED) is 0.806. The molecule has 0 saturated carbocycles. The first kappa shape index (κ1) is 11.8. The van der Waals surface area contributed by atoms with E-state index in [4.69, 9.17) is 9.47 Å². The predicted molar refractivity (Wildman–Crippen MR) is 65.8 cm³/mol. The van der Waals surface area contributed by atoms with E-state index in [1.807, 2.05) is 25.1 Å². The molecule has 0 bridgehead atoms. The summed E-state index contributed by atoms with van der Waals surface area (Å²) in [7, 11) is 1.77. The Morgan fingerprint density at radius 3 is 2.88 bits per heavy atom. The predicted octanol–water partition coefficient (Wildman–Crippen LogP) is 2.22. The first-order valence-corrected chi connectivity index (χ1v) is 5.89. The number of benzene rings is 1. The number of ether oxygens (including phenoxy) is 2. The van der Waals surface area contributed by atoms with Crippen molar-refractivity contribution in [3.05, 3.63) is 18.2 Å². The second kappa shape index (κ2) is 5.08. The number of carbonyl (C=O) groups excluding carboxylic acids is 1. The molecule has 0 radical (unpaired) electrons. The van der Waals surface area contributed by atoms with Crippen LogP contribution in [0.3, 0.4) is 0 Å². The van der Waals surface area contributed by atoms with Gasteiger partial charge in [-0.05, 0) is 18.6 Å². The van der Waals surface area contributed by atoms with Gasteiger partial charge in [0.15, 0.2) is 11.5 Å². The molecule has 0 spiro atoms. The molecule has 0 aliphatic carbocycles. The Hall–Kier alpha value is -1.71. The monoisotopic (exact) mass is 235 g/mol. The van der Waals surface area contributed by atoms with Crippen molar-refractivity contribution in [3.63, 3.8) is 0 Å². The van der Waals surface area contributed by atoms with Gasteiger partial charge in [0, 0.05) is 13.5 Å². The Labute approximate surface area is 101 Å². The van der Waals surface area contributed by atoms with E-state index in [0.29, 0.717) is 31.1 Å². The number of hydrogen-bond acceptors (Lipinski definition) is 3. The van der Waals surface area contributed by atoms with E-state index < -0.39 is 0 Å². The maximum atomic E-state index is 11.9. The van der Waals surface area contributed by atoms with Crippen LogP contribution in [0.15, 0.2) is 18.2 Å². The average Bonchev–Trinajstić information content (AvgIpc) is 2.37. The van der Waals surface area contributed by atoms with E-state index in [2.05, 4.69) is 0 Å². The number of amides is 1. The average molecular weight is 235 g/mol. The third-order valence-electron chi connectivity index (χ3n) is 2.74. The Morgan fingerprint density at radius 2 is 2.12 bits per heavy atom. The van der Waals surface area contributed by atoms with Gasteiger partial charge in [-0.1, -0.05) is 13.0 Å². The minimum Gasteiger partial charge on any atom is -0.486 e. The molecule has 0 atom stereocenters. The molecule has 1 aliphatic rings. The largest absolute Gasteiger partial charge is 0.486 e. The van der Waals surface area contributed by atoms with Gasteiger partial charge in [0.25, 0.3) is 0 Å². The molecule has 4 nitrogen and oxygen atoms in total. The minimum atomic E-state index is 0.0927. The molecular formula is C13H17NO3. The molecule has 0 aromatic heterocycles. The van der Waals surface area contributed by atoms with Gasteiger partial charge in [-0.25, -0.2) is 0 Å². The van der Waals surface area contributed by atoms with Crippen LogP contribution < -0.4 is 14.4 Å². The molecule has 0 fully saturated rings. The molecular weight excluding hydrogens is 218 g/mol. The van der Waals surface area contributed by atoms with Crippen LogP contribution in [0.5, 0.6) is 11.5 Å². The van der Waals surface area contributed by atoms with Crippen LogP contribution >= 0.6 is 0 Å². The molecule has 1 aromatic rings. The fourth-order valence-corrected chi connectivity index (χ4v) is 1.84. The van der Waals surface area contributed by atoms with Gasteiger partial charge < -0.3 is 14.4 Å². The molecule has 92 valence electrons. The highest BCUT2D eigenvalue weighted by Gasteiger charge is 2.20. The van der Waals surface area contributed by atoms with Crippen molar-refractivity contribution in [3.8, 4) is 11.5 Å². The van der Waals surface area contributed by atoms with E-state index >= 15 is 0 Å². The summed E-state index contributed by atoms with van der Waals surface area (Å²) in [5, 5.41) is 0. The molecule has 1 heterocycles. The lowest BCUT2D eigenvalue weighted by atomic mass is 10.2. The molecule has 17 heavy (non-hydrogen) atoms. The molecule has 0 unspecified atom stereocenters. The fraction of sp³-hybridized carbons (Fsp3) is 0.462. The molecule has 1 aliphatic heterocycles. The van der Waals surface area contributed by atoms with Crippen LogP contribution in [0.4, 0.5) is 5.69 Å². The zero-order valence-electron chi connectivity index (χ0n) is 10.2. The van der Waals surface area contributed by atoms with Crippen LogP contribution in [0, 0.1) is 0 Å². The smallest absolute Gasteiger partial charge is 0.226 e. The third-order valence-corrected chi connectivity index (χ3v) is 2.74. The van der Waals surface area contributed by atoms with Gasteiger partial charge in [0.05, 0.1) is 5.69 Å². The molecule has 1 amide bonds. The van der Waals surface area contributed by atoms with Crippen LogP contribution in [-0.4, -0.2) is 26.2 Å².